The fourth-order valence-electron chi connectivity index (χ4n) is 5.10. The first kappa shape index (κ1) is 14.2. The van der Waals surface area contributed by atoms with Crippen LogP contribution in [0.5, 0.6) is 0 Å². The predicted octanol–water partition coefficient (Wildman–Crippen LogP) is 5.88. The van der Waals surface area contributed by atoms with E-state index in [0.717, 1.165) is 17.8 Å². The van der Waals surface area contributed by atoms with Crippen LogP contribution in [-0.4, -0.2) is 0 Å². The van der Waals surface area contributed by atoms with Crippen molar-refractivity contribution in [3.05, 3.63) is 34.9 Å². The third-order valence-electron chi connectivity index (χ3n) is 6.18. The zero-order valence-electron chi connectivity index (χ0n) is 13.7. The molecule has 2 aliphatic carbocycles. The SMILES string of the molecule is CCCC1C2CCc3ccc(C)cc3C2CCC1(C)C. The van der Waals surface area contributed by atoms with Gasteiger partial charge >= 0.3 is 0 Å². The molecule has 0 saturated heterocycles. The highest BCUT2D eigenvalue weighted by molar-refractivity contribution is 5.37. The van der Waals surface area contributed by atoms with Gasteiger partial charge in [-0.15, -0.1) is 0 Å². The first-order chi connectivity index (χ1) is 9.53. The molecular weight excluding hydrogens is 240 g/mol. The molecule has 0 bridgehead atoms. The largest absolute Gasteiger partial charge is 0.0654 e. The van der Waals surface area contributed by atoms with E-state index in [1.165, 1.54) is 44.1 Å². The van der Waals surface area contributed by atoms with E-state index in [1.54, 1.807) is 11.1 Å². The molecule has 1 fully saturated rings. The van der Waals surface area contributed by atoms with Gasteiger partial charge in [0.15, 0.2) is 0 Å². The zero-order chi connectivity index (χ0) is 14.3. The number of rotatable bonds is 2. The smallest absolute Gasteiger partial charge is 0.0128 e. The summed E-state index contributed by atoms with van der Waals surface area (Å²) in [5.74, 6) is 2.72. The second kappa shape index (κ2) is 5.20. The Morgan fingerprint density at radius 2 is 2.00 bits per heavy atom. The first-order valence-electron chi connectivity index (χ1n) is 8.62. The Morgan fingerprint density at radius 1 is 1.20 bits per heavy atom. The number of fused-ring (bicyclic) bond motifs is 3. The Morgan fingerprint density at radius 3 is 2.75 bits per heavy atom. The van der Waals surface area contributed by atoms with Crippen LogP contribution in [0, 0.1) is 24.2 Å². The molecule has 2 aliphatic rings. The predicted molar refractivity (Wildman–Crippen MR) is 87.1 cm³/mol. The van der Waals surface area contributed by atoms with Crippen molar-refractivity contribution >= 4 is 0 Å². The lowest BCUT2D eigenvalue weighted by Gasteiger charge is -2.51. The van der Waals surface area contributed by atoms with Crippen LogP contribution in [0.15, 0.2) is 18.2 Å². The summed E-state index contributed by atoms with van der Waals surface area (Å²) in [6, 6.07) is 7.19. The van der Waals surface area contributed by atoms with Gasteiger partial charge in [-0.05, 0) is 73.3 Å². The first-order valence-corrected chi connectivity index (χ1v) is 8.62. The van der Waals surface area contributed by atoms with E-state index in [2.05, 4.69) is 45.9 Å². The highest BCUT2D eigenvalue weighted by Gasteiger charge is 2.45. The molecule has 0 aromatic heterocycles. The molecule has 3 atom stereocenters. The molecule has 110 valence electrons. The summed E-state index contributed by atoms with van der Waals surface area (Å²) in [7, 11) is 0. The molecule has 1 saturated carbocycles. The maximum absolute atomic E-state index is 2.52. The number of benzene rings is 1. The Bertz CT molecular complexity index is 483. The molecule has 0 spiro atoms. The van der Waals surface area contributed by atoms with Crippen LogP contribution < -0.4 is 0 Å². The van der Waals surface area contributed by atoms with Crippen molar-refractivity contribution in [2.75, 3.05) is 0 Å². The van der Waals surface area contributed by atoms with E-state index in [9.17, 15) is 0 Å². The lowest BCUT2D eigenvalue weighted by Crippen LogP contribution is -2.41. The fourth-order valence-corrected chi connectivity index (χ4v) is 5.10. The van der Waals surface area contributed by atoms with Crippen LogP contribution in [0.25, 0.3) is 0 Å². The van der Waals surface area contributed by atoms with E-state index < -0.39 is 0 Å². The maximum atomic E-state index is 2.52. The van der Waals surface area contributed by atoms with E-state index in [-0.39, 0.29) is 0 Å². The van der Waals surface area contributed by atoms with Crippen molar-refractivity contribution in [1.82, 2.24) is 0 Å². The van der Waals surface area contributed by atoms with E-state index in [0.29, 0.717) is 5.41 Å². The molecule has 0 heteroatoms. The van der Waals surface area contributed by atoms with Crippen LogP contribution >= 0.6 is 0 Å². The Kier molecular flexibility index (Phi) is 3.69. The van der Waals surface area contributed by atoms with Gasteiger partial charge in [-0.25, -0.2) is 0 Å². The van der Waals surface area contributed by atoms with E-state index in [1.807, 2.05) is 0 Å². The van der Waals surface area contributed by atoms with E-state index >= 15 is 0 Å². The molecule has 0 amide bonds. The van der Waals surface area contributed by atoms with Crippen LogP contribution in [0.4, 0.5) is 0 Å². The van der Waals surface area contributed by atoms with Gasteiger partial charge < -0.3 is 0 Å². The molecule has 0 nitrogen and oxygen atoms in total. The molecule has 1 aromatic carbocycles. The average molecular weight is 270 g/mol. The van der Waals surface area contributed by atoms with Gasteiger partial charge in [-0.3, -0.25) is 0 Å². The Hall–Kier alpha value is -0.780. The van der Waals surface area contributed by atoms with Crippen molar-refractivity contribution < 1.29 is 0 Å². The summed E-state index contributed by atoms with van der Waals surface area (Å²) in [5, 5.41) is 0. The minimum Gasteiger partial charge on any atom is -0.0654 e. The summed E-state index contributed by atoms with van der Waals surface area (Å²) in [6.07, 6.45) is 8.33. The van der Waals surface area contributed by atoms with Crippen molar-refractivity contribution in [3.63, 3.8) is 0 Å². The average Bonchev–Trinajstić information content (AvgIpc) is 2.41. The van der Waals surface area contributed by atoms with Crippen LogP contribution in [0.2, 0.25) is 0 Å². The second-order valence-corrected chi connectivity index (χ2v) is 7.93. The van der Waals surface area contributed by atoms with Crippen LogP contribution in [0.3, 0.4) is 0 Å². The molecule has 3 rings (SSSR count). The maximum Gasteiger partial charge on any atom is -0.0128 e. The van der Waals surface area contributed by atoms with E-state index in [4.69, 9.17) is 0 Å². The molecule has 0 radical (unpaired) electrons. The zero-order valence-corrected chi connectivity index (χ0v) is 13.7. The van der Waals surface area contributed by atoms with Crippen LogP contribution in [0.1, 0.15) is 75.5 Å². The van der Waals surface area contributed by atoms with Crippen molar-refractivity contribution in [2.24, 2.45) is 17.3 Å². The third kappa shape index (κ3) is 2.32. The lowest BCUT2D eigenvalue weighted by molar-refractivity contribution is 0.0394. The highest BCUT2D eigenvalue weighted by atomic mass is 14.5. The molecule has 0 aliphatic heterocycles. The summed E-state index contributed by atoms with van der Waals surface area (Å²) in [5.41, 5.74) is 5.35. The molecule has 20 heavy (non-hydrogen) atoms. The van der Waals surface area contributed by atoms with Crippen molar-refractivity contribution in [1.29, 1.82) is 0 Å². The molecule has 0 heterocycles. The quantitative estimate of drug-likeness (QED) is 0.629. The summed E-state index contributed by atoms with van der Waals surface area (Å²) in [4.78, 5) is 0. The molecule has 0 N–H and O–H groups in total. The standard InChI is InChI=1S/C20H30/c1-5-6-19-17-10-9-15-8-7-14(2)13-18(15)16(17)11-12-20(19,3)4/h7-8,13,16-17,19H,5-6,9-12H2,1-4H3. The summed E-state index contributed by atoms with van der Waals surface area (Å²) >= 11 is 0. The highest BCUT2D eigenvalue weighted by Crippen LogP contribution is 2.55. The normalized spacial score (nSPS) is 31.5. The third-order valence-corrected chi connectivity index (χ3v) is 6.18. The van der Waals surface area contributed by atoms with Gasteiger partial charge in [0, 0.05) is 0 Å². The Balaban J connectivity index is 1.96. The van der Waals surface area contributed by atoms with Gasteiger partial charge in [0.1, 0.15) is 0 Å². The molecule has 1 aromatic rings. The molecule has 3 unspecified atom stereocenters. The Labute approximate surface area is 125 Å². The van der Waals surface area contributed by atoms with Gasteiger partial charge in [-0.2, -0.15) is 0 Å². The number of aryl methyl sites for hydroxylation is 2. The number of hydrogen-bond acceptors (Lipinski definition) is 0. The number of hydrogen-bond donors (Lipinski definition) is 0. The van der Waals surface area contributed by atoms with Gasteiger partial charge in [0.25, 0.3) is 0 Å². The minimum absolute atomic E-state index is 0.554. The fraction of sp³-hybridized carbons (Fsp3) is 0.700. The van der Waals surface area contributed by atoms with Crippen LogP contribution in [-0.2, 0) is 6.42 Å². The monoisotopic (exact) mass is 270 g/mol. The minimum atomic E-state index is 0.554. The second-order valence-electron chi connectivity index (χ2n) is 7.93. The lowest BCUT2D eigenvalue weighted by atomic mass is 9.54. The summed E-state index contributed by atoms with van der Waals surface area (Å²) in [6.45, 7) is 9.66. The van der Waals surface area contributed by atoms with Gasteiger partial charge in [-0.1, -0.05) is 51.0 Å². The van der Waals surface area contributed by atoms with Crippen molar-refractivity contribution in [2.45, 2.75) is 72.1 Å². The van der Waals surface area contributed by atoms with Gasteiger partial charge in [0.05, 0.1) is 0 Å². The van der Waals surface area contributed by atoms with Crippen molar-refractivity contribution in [3.8, 4) is 0 Å². The topological polar surface area (TPSA) is 0 Å². The summed E-state index contributed by atoms with van der Waals surface area (Å²) < 4.78 is 0. The van der Waals surface area contributed by atoms with Gasteiger partial charge in [0.2, 0.25) is 0 Å². The molecular formula is C20H30.